The third-order valence-electron chi connectivity index (χ3n) is 5.57. The van der Waals surface area contributed by atoms with E-state index in [1.807, 2.05) is 31.3 Å². The lowest BCUT2D eigenvalue weighted by Gasteiger charge is -2.21. The van der Waals surface area contributed by atoms with E-state index in [1.54, 1.807) is 6.07 Å². The van der Waals surface area contributed by atoms with E-state index in [0.29, 0.717) is 29.3 Å². The van der Waals surface area contributed by atoms with Crippen LogP contribution in [0.25, 0.3) is 21.5 Å². The van der Waals surface area contributed by atoms with Crippen LogP contribution in [0, 0.1) is 6.92 Å². The van der Waals surface area contributed by atoms with Gasteiger partial charge in [-0.05, 0) is 56.5 Å². The van der Waals surface area contributed by atoms with Crippen LogP contribution in [0.5, 0.6) is 5.75 Å². The van der Waals surface area contributed by atoms with Gasteiger partial charge >= 0.3 is 12.1 Å². The quantitative estimate of drug-likeness (QED) is 0.319. The highest BCUT2D eigenvalue weighted by Crippen LogP contribution is 2.33. The van der Waals surface area contributed by atoms with Gasteiger partial charge in [0.1, 0.15) is 10.8 Å². The maximum absolute atomic E-state index is 12.8. The van der Waals surface area contributed by atoms with Crippen molar-refractivity contribution in [3.63, 3.8) is 0 Å². The third-order valence-corrected chi connectivity index (χ3v) is 6.83. The zero-order valence-corrected chi connectivity index (χ0v) is 19.6. The molecule has 0 spiro atoms. The zero-order chi connectivity index (χ0) is 24.7. The smallest absolute Gasteiger partial charge is 0.416 e. The summed E-state index contributed by atoms with van der Waals surface area (Å²) in [6, 6.07) is 12.5. The van der Waals surface area contributed by atoms with Crippen molar-refractivity contribution in [1.82, 2.24) is 9.55 Å². The fourth-order valence-electron chi connectivity index (χ4n) is 3.57. The van der Waals surface area contributed by atoms with Crippen molar-refractivity contribution in [2.75, 3.05) is 0 Å². The number of halogens is 3. The van der Waals surface area contributed by atoms with E-state index in [-0.39, 0.29) is 0 Å². The molecule has 178 valence electrons. The number of hydrogen-bond donors (Lipinski definition) is 1. The summed E-state index contributed by atoms with van der Waals surface area (Å²) in [5.74, 6) is -0.578. The summed E-state index contributed by atoms with van der Waals surface area (Å²) in [5.41, 5.74) is 0.396. The average Bonchev–Trinajstić information content (AvgIpc) is 3.34. The molecule has 9 heteroatoms. The minimum absolute atomic E-state index is 0.471. The van der Waals surface area contributed by atoms with Gasteiger partial charge in [-0.1, -0.05) is 12.1 Å². The van der Waals surface area contributed by atoms with Crippen LogP contribution in [0.4, 0.5) is 13.2 Å². The Morgan fingerprint density at radius 2 is 1.82 bits per heavy atom. The second-order valence-electron chi connectivity index (χ2n) is 8.50. The number of fused-ring (bicyclic) bond motifs is 1. The normalized spacial score (nSPS) is 12.3. The highest BCUT2D eigenvalue weighted by atomic mass is 32.1. The molecule has 0 aliphatic heterocycles. The first-order valence-electron chi connectivity index (χ1n) is 10.6. The maximum atomic E-state index is 12.8. The van der Waals surface area contributed by atoms with E-state index < -0.39 is 23.3 Å². The molecular formula is C25H23F3N2O3S. The highest BCUT2D eigenvalue weighted by Gasteiger charge is 2.30. The number of ether oxygens (including phenoxy) is 1. The van der Waals surface area contributed by atoms with Crippen molar-refractivity contribution in [3.05, 3.63) is 70.9 Å². The summed E-state index contributed by atoms with van der Waals surface area (Å²) < 4.78 is 46.2. The number of alkyl halides is 3. The van der Waals surface area contributed by atoms with Gasteiger partial charge in [0.25, 0.3) is 0 Å². The van der Waals surface area contributed by atoms with Crippen molar-refractivity contribution in [3.8, 4) is 16.3 Å². The SMILES string of the molecule is Cc1nc(-c2ccc(C(F)(F)F)cc2)sc1CCn1ccc2ccc(OC(C)(C)C(=O)O)cc21. The number of rotatable bonds is 7. The minimum atomic E-state index is -4.36. The van der Waals surface area contributed by atoms with Crippen LogP contribution in [0.15, 0.2) is 54.7 Å². The Morgan fingerprint density at radius 1 is 1.12 bits per heavy atom. The predicted molar refractivity (Wildman–Crippen MR) is 125 cm³/mol. The summed E-state index contributed by atoms with van der Waals surface area (Å²) >= 11 is 1.47. The van der Waals surface area contributed by atoms with Crippen molar-refractivity contribution in [1.29, 1.82) is 0 Å². The van der Waals surface area contributed by atoms with Crippen LogP contribution < -0.4 is 4.74 Å². The first-order chi connectivity index (χ1) is 15.9. The van der Waals surface area contributed by atoms with Gasteiger partial charge < -0.3 is 14.4 Å². The molecule has 0 atom stereocenters. The van der Waals surface area contributed by atoms with E-state index in [4.69, 9.17) is 4.74 Å². The molecule has 1 N–H and O–H groups in total. The van der Waals surface area contributed by atoms with Gasteiger partial charge in [0.15, 0.2) is 5.60 Å². The summed E-state index contributed by atoms with van der Waals surface area (Å²) in [6.45, 7) is 5.55. The monoisotopic (exact) mass is 488 g/mol. The number of aryl methyl sites for hydroxylation is 3. The van der Waals surface area contributed by atoms with E-state index in [2.05, 4.69) is 9.55 Å². The van der Waals surface area contributed by atoms with Gasteiger partial charge in [-0.15, -0.1) is 11.3 Å². The summed E-state index contributed by atoms with van der Waals surface area (Å²) in [7, 11) is 0. The number of aromatic nitrogens is 2. The molecule has 34 heavy (non-hydrogen) atoms. The van der Waals surface area contributed by atoms with Crippen molar-refractivity contribution >= 4 is 28.2 Å². The van der Waals surface area contributed by atoms with Gasteiger partial charge in [0.2, 0.25) is 0 Å². The molecule has 0 fully saturated rings. The Kier molecular flexibility index (Phi) is 6.16. The Labute approximate surface area is 198 Å². The first-order valence-corrected chi connectivity index (χ1v) is 11.4. The standard InChI is InChI=1S/C25H23F3N2O3S/c1-15-21(34-22(29-15)17-4-7-18(8-5-17)25(26,27)28)11-13-30-12-10-16-6-9-19(14-20(16)30)33-24(2,3)23(31)32/h4-10,12,14H,11,13H2,1-3H3,(H,31,32). The highest BCUT2D eigenvalue weighted by molar-refractivity contribution is 7.15. The Balaban J connectivity index is 1.51. The maximum Gasteiger partial charge on any atom is 0.416 e. The first kappa shape index (κ1) is 23.8. The molecule has 2 aromatic heterocycles. The predicted octanol–water partition coefficient (Wildman–Crippen LogP) is 6.58. The Morgan fingerprint density at radius 3 is 2.47 bits per heavy atom. The van der Waals surface area contributed by atoms with Gasteiger partial charge in [-0.25, -0.2) is 9.78 Å². The zero-order valence-electron chi connectivity index (χ0n) is 18.8. The van der Waals surface area contributed by atoms with Crippen molar-refractivity contribution in [2.45, 2.75) is 45.5 Å². The van der Waals surface area contributed by atoms with Crippen LogP contribution in [0.3, 0.4) is 0 Å². The molecule has 0 bridgehead atoms. The largest absolute Gasteiger partial charge is 0.478 e. The minimum Gasteiger partial charge on any atom is -0.478 e. The van der Waals surface area contributed by atoms with Crippen LogP contribution in [0.1, 0.15) is 30.0 Å². The summed E-state index contributed by atoms with van der Waals surface area (Å²) in [4.78, 5) is 17.0. The molecule has 5 nitrogen and oxygen atoms in total. The second kappa shape index (κ2) is 8.79. The number of hydrogen-bond acceptors (Lipinski definition) is 4. The van der Waals surface area contributed by atoms with Crippen LogP contribution >= 0.6 is 11.3 Å². The fourth-order valence-corrected chi connectivity index (χ4v) is 4.62. The summed E-state index contributed by atoms with van der Waals surface area (Å²) in [5, 5.41) is 11.0. The average molecular weight is 489 g/mol. The molecule has 0 aliphatic rings. The van der Waals surface area contributed by atoms with Crippen LogP contribution in [0.2, 0.25) is 0 Å². The number of nitrogens with zero attached hydrogens (tertiary/aromatic N) is 2. The lowest BCUT2D eigenvalue weighted by Crippen LogP contribution is -2.37. The second-order valence-corrected chi connectivity index (χ2v) is 9.58. The van der Waals surface area contributed by atoms with Gasteiger partial charge in [0, 0.05) is 35.7 Å². The van der Waals surface area contributed by atoms with Crippen LogP contribution in [-0.2, 0) is 23.9 Å². The lowest BCUT2D eigenvalue weighted by molar-refractivity contribution is -0.152. The molecule has 0 unspecified atom stereocenters. The van der Waals surface area contributed by atoms with E-state index >= 15 is 0 Å². The van der Waals surface area contributed by atoms with Gasteiger partial charge in [0.05, 0.1) is 16.8 Å². The number of aliphatic carboxylic acids is 1. The number of thiazole rings is 1. The Hall–Kier alpha value is -3.33. The number of carbonyl (C=O) groups is 1. The molecule has 2 heterocycles. The van der Waals surface area contributed by atoms with Crippen LogP contribution in [-0.4, -0.2) is 26.2 Å². The molecule has 0 saturated carbocycles. The number of benzene rings is 2. The van der Waals surface area contributed by atoms with E-state index in [0.717, 1.165) is 33.6 Å². The molecular weight excluding hydrogens is 465 g/mol. The van der Waals surface area contributed by atoms with E-state index in [9.17, 15) is 23.1 Å². The molecule has 0 aliphatic carbocycles. The van der Waals surface area contributed by atoms with Gasteiger partial charge in [-0.3, -0.25) is 0 Å². The molecule has 0 saturated heterocycles. The fraction of sp³-hybridized carbons (Fsp3) is 0.280. The van der Waals surface area contributed by atoms with Crippen molar-refractivity contribution < 1.29 is 27.8 Å². The molecule has 4 aromatic rings. The van der Waals surface area contributed by atoms with Crippen molar-refractivity contribution in [2.24, 2.45) is 0 Å². The topological polar surface area (TPSA) is 64.4 Å². The third kappa shape index (κ3) is 4.94. The Bertz CT molecular complexity index is 1340. The molecule has 2 aromatic carbocycles. The lowest BCUT2D eigenvalue weighted by atomic mass is 10.1. The van der Waals surface area contributed by atoms with E-state index in [1.165, 1.54) is 37.3 Å². The molecule has 4 rings (SSSR count). The number of carboxylic acid groups (broad SMARTS) is 1. The summed E-state index contributed by atoms with van der Waals surface area (Å²) in [6.07, 6.45) is -1.71. The molecule has 0 radical (unpaired) electrons. The van der Waals surface area contributed by atoms with Gasteiger partial charge in [-0.2, -0.15) is 13.2 Å². The molecule has 0 amide bonds. The number of carboxylic acids is 1.